The van der Waals surface area contributed by atoms with Crippen molar-refractivity contribution in [1.82, 2.24) is 5.32 Å². The molecule has 2 aromatic carbocycles. The Bertz CT molecular complexity index is 641. The summed E-state index contributed by atoms with van der Waals surface area (Å²) >= 11 is 5.77. The van der Waals surface area contributed by atoms with E-state index < -0.39 is 0 Å². The Morgan fingerprint density at radius 3 is 2.35 bits per heavy atom. The highest BCUT2D eigenvalue weighted by Gasteiger charge is 2.09. The van der Waals surface area contributed by atoms with Crippen LogP contribution < -0.4 is 10.1 Å². The summed E-state index contributed by atoms with van der Waals surface area (Å²) in [5.41, 5.74) is 0.564. The number of ketones is 1. The van der Waals surface area contributed by atoms with Crippen molar-refractivity contribution in [2.75, 3.05) is 13.2 Å². The molecule has 0 spiro atoms. The molecule has 23 heavy (non-hydrogen) atoms. The molecule has 0 aliphatic carbocycles. The second kappa shape index (κ2) is 8.96. The molecule has 5 heteroatoms. The maximum atomic E-state index is 11.9. The van der Waals surface area contributed by atoms with Crippen LogP contribution in [0.15, 0.2) is 54.6 Å². The number of benzene rings is 2. The van der Waals surface area contributed by atoms with Gasteiger partial charge in [-0.1, -0.05) is 29.8 Å². The summed E-state index contributed by atoms with van der Waals surface area (Å²) in [6.07, 6.45) is 0.333. The summed E-state index contributed by atoms with van der Waals surface area (Å²) < 4.78 is 5.47. The van der Waals surface area contributed by atoms with Crippen molar-refractivity contribution >= 4 is 23.3 Å². The highest BCUT2D eigenvalue weighted by atomic mass is 35.5. The molecule has 2 rings (SSSR count). The van der Waals surface area contributed by atoms with Crippen LogP contribution in [0.4, 0.5) is 0 Å². The Balaban J connectivity index is 1.63. The molecule has 0 aliphatic rings. The number of halogens is 1. The summed E-state index contributed by atoms with van der Waals surface area (Å²) in [5, 5.41) is 3.31. The second-order valence-electron chi connectivity index (χ2n) is 4.94. The van der Waals surface area contributed by atoms with Gasteiger partial charge in [0.25, 0.3) is 0 Å². The molecule has 0 aliphatic heterocycles. The number of nitrogens with one attached hydrogen (secondary N) is 1. The van der Waals surface area contributed by atoms with Crippen LogP contribution in [-0.4, -0.2) is 24.8 Å². The van der Waals surface area contributed by atoms with Gasteiger partial charge in [-0.25, -0.2) is 0 Å². The zero-order valence-corrected chi connectivity index (χ0v) is 13.4. The number of ether oxygens (including phenoxy) is 1. The standard InChI is InChI=1S/C18H18ClNO3/c19-15-8-6-14(7-9-15)17(21)10-11-18(22)20-12-13-23-16-4-2-1-3-5-16/h1-9H,10-13H2,(H,20,22). The zero-order valence-electron chi connectivity index (χ0n) is 12.6. The summed E-state index contributed by atoms with van der Waals surface area (Å²) in [6.45, 7) is 0.795. The van der Waals surface area contributed by atoms with Crippen molar-refractivity contribution in [2.45, 2.75) is 12.8 Å². The van der Waals surface area contributed by atoms with Gasteiger partial charge in [-0.15, -0.1) is 0 Å². The van der Waals surface area contributed by atoms with Crippen molar-refractivity contribution < 1.29 is 14.3 Å². The highest BCUT2D eigenvalue weighted by Crippen LogP contribution is 2.12. The predicted molar refractivity (Wildman–Crippen MR) is 90.0 cm³/mol. The first kappa shape index (κ1) is 17.0. The van der Waals surface area contributed by atoms with E-state index in [4.69, 9.17) is 16.3 Å². The normalized spacial score (nSPS) is 10.1. The van der Waals surface area contributed by atoms with Gasteiger partial charge < -0.3 is 10.1 Å². The van der Waals surface area contributed by atoms with Gasteiger partial charge in [-0.05, 0) is 36.4 Å². The quantitative estimate of drug-likeness (QED) is 0.595. The monoisotopic (exact) mass is 331 g/mol. The van der Waals surface area contributed by atoms with E-state index in [1.165, 1.54) is 0 Å². The molecule has 0 saturated heterocycles. The molecule has 4 nitrogen and oxygen atoms in total. The first-order valence-electron chi connectivity index (χ1n) is 7.38. The summed E-state index contributed by atoms with van der Waals surface area (Å²) in [5.74, 6) is 0.529. The van der Waals surface area contributed by atoms with E-state index in [1.54, 1.807) is 24.3 Å². The van der Waals surface area contributed by atoms with Gasteiger partial charge in [-0.3, -0.25) is 9.59 Å². The number of Topliss-reactive ketones (excluding diaryl/α,β-unsaturated/α-hetero) is 1. The van der Waals surface area contributed by atoms with E-state index >= 15 is 0 Å². The van der Waals surface area contributed by atoms with Crippen LogP contribution >= 0.6 is 11.6 Å². The van der Waals surface area contributed by atoms with Crippen molar-refractivity contribution in [2.24, 2.45) is 0 Å². The van der Waals surface area contributed by atoms with Crippen LogP contribution in [-0.2, 0) is 4.79 Å². The minimum absolute atomic E-state index is 0.0719. The largest absolute Gasteiger partial charge is 0.492 e. The summed E-state index contributed by atoms with van der Waals surface area (Å²) in [7, 11) is 0. The lowest BCUT2D eigenvalue weighted by Gasteiger charge is -2.07. The van der Waals surface area contributed by atoms with Crippen LogP contribution in [0.5, 0.6) is 5.75 Å². The molecular weight excluding hydrogens is 314 g/mol. The van der Waals surface area contributed by atoms with Crippen LogP contribution in [0.25, 0.3) is 0 Å². The van der Waals surface area contributed by atoms with Gasteiger partial charge in [0.05, 0.1) is 6.54 Å². The average molecular weight is 332 g/mol. The lowest BCUT2D eigenvalue weighted by atomic mass is 10.1. The van der Waals surface area contributed by atoms with E-state index in [1.807, 2.05) is 30.3 Å². The molecule has 120 valence electrons. The topological polar surface area (TPSA) is 55.4 Å². The number of amides is 1. The van der Waals surface area contributed by atoms with Gasteiger partial charge in [0, 0.05) is 23.4 Å². The number of carbonyl (C=O) groups excluding carboxylic acids is 2. The lowest BCUT2D eigenvalue weighted by Crippen LogP contribution is -2.28. The van der Waals surface area contributed by atoms with E-state index in [0.717, 1.165) is 5.75 Å². The fourth-order valence-electron chi connectivity index (χ4n) is 1.97. The number of hydrogen-bond donors (Lipinski definition) is 1. The van der Waals surface area contributed by atoms with Crippen molar-refractivity contribution in [3.05, 3.63) is 65.2 Å². The van der Waals surface area contributed by atoms with Gasteiger partial charge in [0.2, 0.25) is 5.91 Å². The van der Waals surface area contributed by atoms with Gasteiger partial charge >= 0.3 is 0 Å². The number of rotatable bonds is 8. The van der Waals surface area contributed by atoms with Crippen LogP contribution in [0, 0.1) is 0 Å². The third-order valence-corrected chi connectivity index (χ3v) is 3.43. The minimum atomic E-state index is -0.163. The van der Waals surface area contributed by atoms with Gasteiger partial charge in [0.15, 0.2) is 5.78 Å². The van der Waals surface area contributed by atoms with Crippen LogP contribution in [0.1, 0.15) is 23.2 Å². The summed E-state index contributed by atoms with van der Waals surface area (Å²) in [6, 6.07) is 16.0. The van der Waals surface area contributed by atoms with Crippen LogP contribution in [0.3, 0.4) is 0 Å². The molecule has 0 fully saturated rings. The third-order valence-electron chi connectivity index (χ3n) is 3.18. The van der Waals surface area contributed by atoms with E-state index in [-0.39, 0.29) is 24.5 Å². The molecular formula is C18H18ClNO3. The van der Waals surface area contributed by atoms with Crippen molar-refractivity contribution in [3.8, 4) is 5.75 Å². The molecule has 2 aromatic rings. The number of carbonyl (C=O) groups is 2. The first-order valence-corrected chi connectivity index (χ1v) is 7.76. The molecule has 0 saturated carbocycles. The fourth-order valence-corrected chi connectivity index (χ4v) is 2.10. The van der Waals surface area contributed by atoms with E-state index in [0.29, 0.717) is 23.7 Å². The van der Waals surface area contributed by atoms with Crippen LogP contribution in [0.2, 0.25) is 5.02 Å². The molecule has 0 atom stereocenters. The number of para-hydroxylation sites is 1. The van der Waals surface area contributed by atoms with Crippen molar-refractivity contribution in [3.63, 3.8) is 0 Å². The zero-order chi connectivity index (χ0) is 16.5. The Hall–Kier alpha value is -2.33. The second-order valence-corrected chi connectivity index (χ2v) is 5.38. The third kappa shape index (κ3) is 6.12. The van der Waals surface area contributed by atoms with Crippen molar-refractivity contribution in [1.29, 1.82) is 0 Å². The Labute approximate surface area is 140 Å². The fraction of sp³-hybridized carbons (Fsp3) is 0.222. The van der Waals surface area contributed by atoms with E-state index in [9.17, 15) is 9.59 Å². The Morgan fingerprint density at radius 1 is 0.957 bits per heavy atom. The Kier molecular flexibility index (Phi) is 6.63. The molecule has 0 radical (unpaired) electrons. The van der Waals surface area contributed by atoms with Gasteiger partial charge in [0.1, 0.15) is 12.4 Å². The molecule has 1 N–H and O–H groups in total. The molecule has 0 unspecified atom stereocenters. The molecule has 1 amide bonds. The first-order chi connectivity index (χ1) is 11.1. The summed E-state index contributed by atoms with van der Waals surface area (Å²) in [4.78, 5) is 23.6. The van der Waals surface area contributed by atoms with E-state index in [2.05, 4.69) is 5.32 Å². The maximum absolute atomic E-state index is 11.9. The predicted octanol–water partition coefficient (Wildman–Crippen LogP) is 3.50. The van der Waals surface area contributed by atoms with Gasteiger partial charge in [-0.2, -0.15) is 0 Å². The SMILES string of the molecule is O=C(CCC(=O)c1ccc(Cl)cc1)NCCOc1ccccc1. The Morgan fingerprint density at radius 2 is 1.65 bits per heavy atom. The molecule has 0 heterocycles. The lowest BCUT2D eigenvalue weighted by molar-refractivity contribution is -0.121. The highest BCUT2D eigenvalue weighted by molar-refractivity contribution is 6.30. The average Bonchev–Trinajstić information content (AvgIpc) is 2.58. The number of hydrogen-bond acceptors (Lipinski definition) is 3. The molecule has 0 aromatic heterocycles. The molecule has 0 bridgehead atoms. The minimum Gasteiger partial charge on any atom is -0.492 e. The smallest absolute Gasteiger partial charge is 0.220 e. The maximum Gasteiger partial charge on any atom is 0.220 e.